The summed E-state index contributed by atoms with van der Waals surface area (Å²) in [6.45, 7) is 0.329. The number of benzene rings is 1. The molecule has 1 aliphatic heterocycles. The normalized spacial score (nSPS) is 19.4. The van der Waals surface area contributed by atoms with Gasteiger partial charge in [-0.2, -0.15) is 0 Å². The Morgan fingerprint density at radius 2 is 2.00 bits per heavy atom. The smallest absolute Gasteiger partial charge is 0.261 e. The van der Waals surface area contributed by atoms with Gasteiger partial charge in [-0.1, -0.05) is 18.2 Å². The Labute approximate surface area is 166 Å². The van der Waals surface area contributed by atoms with Crippen LogP contribution in [0, 0.1) is 0 Å². The van der Waals surface area contributed by atoms with Gasteiger partial charge in [0, 0.05) is 18.0 Å². The zero-order chi connectivity index (χ0) is 19.7. The summed E-state index contributed by atoms with van der Waals surface area (Å²) in [5, 5.41) is 1.74. The molecule has 0 bridgehead atoms. The summed E-state index contributed by atoms with van der Waals surface area (Å²) < 4.78 is 26.5. The summed E-state index contributed by atoms with van der Waals surface area (Å²) in [4.78, 5) is 31.9. The maximum absolute atomic E-state index is 12.8. The molecule has 9 heteroatoms. The monoisotopic (exact) mass is 417 g/mol. The van der Waals surface area contributed by atoms with Crippen molar-refractivity contribution < 1.29 is 13.2 Å². The highest BCUT2D eigenvalue weighted by molar-refractivity contribution is 7.91. The van der Waals surface area contributed by atoms with E-state index in [4.69, 9.17) is 0 Å². The van der Waals surface area contributed by atoms with Gasteiger partial charge in [0.25, 0.3) is 5.56 Å². The van der Waals surface area contributed by atoms with E-state index in [1.807, 2.05) is 17.5 Å². The molecule has 0 N–H and O–H groups in total. The highest BCUT2D eigenvalue weighted by Gasteiger charge is 2.33. The van der Waals surface area contributed by atoms with E-state index in [1.54, 1.807) is 24.3 Å². The lowest BCUT2D eigenvalue weighted by molar-refractivity contribution is -0.131. The minimum Gasteiger partial charge on any atom is -0.340 e. The van der Waals surface area contributed by atoms with Crippen LogP contribution in [0.15, 0.2) is 52.9 Å². The molecule has 146 valence electrons. The Hall–Kier alpha value is -2.52. The molecule has 1 atom stereocenters. The van der Waals surface area contributed by atoms with Gasteiger partial charge in [-0.3, -0.25) is 14.2 Å². The Kier molecular flexibility index (Phi) is 5.03. The first-order valence-corrected chi connectivity index (χ1v) is 11.5. The lowest BCUT2D eigenvalue weighted by Crippen LogP contribution is -2.38. The summed E-state index contributed by atoms with van der Waals surface area (Å²) in [6.07, 6.45) is 1.73. The first-order valence-electron chi connectivity index (χ1n) is 8.92. The zero-order valence-corrected chi connectivity index (χ0v) is 16.7. The number of hydrogen-bond donors (Lipinski definition) is 0. The van der Waals surface area contributed by atoms with Gasteiger partial charge in [-0.15, -0.1) is 11.3 Å². The zero-order valence-electron chi connectivity index (χ0n) is 15.0. The molecular weight excluding hydrogens is 398 g/mol. The number of rotatable bonds is 3. The number of nitrogens with zero attached hydrogens (tertiary/aromatic N) is 3. The van der Waals surface area contributed by atoms with Crippen LogP contribution in [-0.4, -0.2) is 47.6 Å². The van der Waals surface area contributed by atoms with Crippen molar-refractivity contribution in [1.82, 2.24) is 14.5 Å². The molecule has 0 aliphatic carbocycles. The third kappa shape index (κ3) is 3.59. The molecule has 0 saturated carbocycles. The van der Waals surface area contributed by atoms with Gasteiger partial charge in [0.15, 0.2) is 9.84 Å². The Morgan fingerprint density at radius 1 is 1.18 bits per heavy atom. The highest BCUT2D eigenvalue weighted by atomic mass is 32.2. The van der Waals surface area contributed by atoms with Gasteiger partial charge in [-0.05, 0) is 30.0 Å². The second-order valence-electron chi connectivity index (χ2n) is 6.74. The van der Waals surface area contributed by atoms with E-state index in [-0.39, 0.29) is 30.3 Å². The lowest BCUT2D eigenvalue weighted by atomic mass is 10.2. The first-order chi connectivity index (χ1) is 13.5. The fourth-order valence-electron chi connectivity index (χ4n) is 3.45. The van der Waals surface area contributed by atoms with Crippen molar-refractivity contribution in [1.29, 1.82) is 0 Å². The van der Waals surface area contributed by atoms with Gasteiger partial charge in [0.2, 0.25) is 5.91 Å². The van der Waals surface area contributed by atoms with E-state index in [2.05, 4.69) is 4.98 Å². The number of amides is 1. The molecule has 3 aromatic rings. The van der Waals surface area contributed by atoms with Crippen LogP contribution in [-0.2, 0) is 21.2 Å². The number of sulfone groups is 1. The van der Waals surface area contributed by atoms with Gasteiger partial charge in [0.1, 0.15) is 6.54 Å². The summed E-state index contributed by atoms with van der Waals surface area (Å²) in [5.41, 5.74) is 0.300. The van der Waals surface area contributed by atoms with E-state index in [0.29, 0.717) is 23.9 Å². The lowest BCUT2D eigenvalue weighted by Gasteiger charge is -2.20. The molecule has 1 fully saturated rings. The number of hydrogen-bond acceptors (Lipinski definition) is 6. The fourth-order valence-corrected chi connectivity index (χ4v) is 6.46. The maximum Gasteiger partial charge on any atom is 0.261 e. The van der Waals surface area contributed by atoms with Crippen molar-refractivity contribution in [2.45, 2.75) is 18.2 Å². The summed E-state index contributed by atoms with van der Waals surface area (Å²) in [5.74, 6) is -0.354. The Morgan fingerprint density at radius 3 is 2.79 bits per heavy atom. The average Bonchev–Trinajstić information content (AvgIpc) is 3.15. The van der Waals surface area contributed by atoms with Crippen molar-refractivity contribution >= 4 is 38.0 Å². The number of para-hydroxylation sites is 1. The standard InChI is InChI=1S/C19H19N3O4S2/c23-18(12-22-13-20-15-5-2-1-4-14(15)19(22)24)21-8-7-17(16-6-3-10-27-16)28(25,26)11-9-21/h1-6,10,13,17H,7-9,11-12H2. The molecule has 7 nitrogen and oxygen atoms in total. The van der Waals surface area contributed by atoms with Crippen LogP contribution in [0.5, 0.6) is 0 Å². The topological polar surface area (TPSA) is 89.3 Å². The second kappa shape index (κ2) is 7.48. The molecule has 0 radical (unpaired) electrons. The third-order valence-electron chi connectivity index (χ3n) is 4.99. The van der Waals surface area contributed by atoms with Crippen molar-refractivity contribution in [2.75, 3.05) is 18.8 Å². The summed E-state index contributed by atoms with van der Waals surface area (Å²) >= 11 is 1.42. The molecule has 1 saturated heterocycles. The van der Waals surface area contributed by atoms with Crippen molar-refractivity contribution in [3.63, 3.8) is 0 Å². The molecule has 1 unspecified atom stereocenters. The first kappa shape index (κ1) is 18.8. The molecule has 4 rings (SSSR count). The molecule has 1 aromatic carbocycles. The predicted molar refractivity (Wildman–Crippen MR) is 108 cm³/mol. The van der Waals surface area contributed by atoms with Crippen LogP contribution in [0.4, 0.5) is 0 Å². The van der Waals surface area contributed by atoms with E-state index in [9.17, 15) is 18.0 Å². The van der Waals surface area contributed by atoms with Gasteiger partial charge < -0.3 is 4.90 Å². The average molecular weight is 418 g/mol. The second-order valence-corrected chi connectivity index (χ2v) is 10.0. The molecule has 28 heavy (non-hydrogen) atoms. The third-order valence-corrected chi connectivity index (χ3v) is 8.23. The molecule has 1 aliphatic rings. The van der Waals surface area contributed by atoms with Crippen LogP contribution >= 0.6 is 11.3 Å². The van der Waals surface area contributed by atoms with E-state index < -0.39 is 15.1 Å². The van der Waals surface area contributed by atoms with Gasteiger partial charge >= 0.3 is 0 Å². The van der Waals surface area contributed by atoms with Crippen LogP contribution in [0.2, 0.25) is 0 Å². The van der Waals surface area contributed by atoms with Crippen LogP contribution < -0.4 is 5.56 Å². The molecular formula is C19H19N3O4S2. The molecule has 1 amide bonds. The van der Waals surface area contributed by atoms with Crippen LogP contribution in [0.25, 0.3) is 10.9 Å². The maximum atomic E-state index is 12.8. The number of thiophene rings is 1. The Balaban J connectivity index is 1.53. The van der Waals surface area contributed by atoms with E-state index >= 15 is 0 Å². The number of fused-ring (bicyclic) bond motifs is 1. The van der Waals surface area contributed by atoms with E-state index in [1.165, 1.54) is 27.1 Å². The number of carbonyl (C=O) groups is 1. The summed E-state index contributed by atoms with van der Waals surface area (Å²) in [6, 6.07) is 10.6. The molecule has 2 aromatic heterocycles. The van der Waals surface area contributed by atoms with Gasteiger partial charge in [-0.25, -0.2) is 13.4 Å². The molecule has 3 heterocycles. The quantitative estimate of drug-likeness (QED) is 0.649. The van der Waals surface area contributed by atoms with Crippen molar-refractivity contribution in [3.8, 4) is 0 Å². The summed E-state index contributed by atoms with van der Waals surface area (Å²) in [7, 11) is -3.32. The van der Waals surface area contributed by atoms with E-state index in [0.717, 1.165) is 4.88 Å². The van der Waals surface area contributed by atoms with Crippen molar-refractivity contribution in [2.24, 2.45) is 0 Å². The van der Waals surface area contributed by atoms with Gasteiger partial charge in [0.05, 0.1) is 28.2 Å². The number of aromatic nitrogens is 2. The largest absolute Gasteiger partial charge is 0.340 e. The van der Waals surface area contributed by atoms with Crippen molar-refractivity contribution in [3.05, 3.63) is 63.3 Å². The van der Waals surface area contributed by atoms with Crippen LogP contribution in [0.3, 0.4) is 0 Å². The van der Waals surface area contributed by atoms with Crippen LogP contribution in [0.1, 0.15) is 16.5 Å². The fraction of sp³-hybridized carbons (Fsp3) is 0.316. The minimum absolute atomic E-state index is 0.0772. The SMILES string of the molecule is O=C(Cn1cnc2ccccc2c1=O)N1CCC(c2cccs2)S(=O)(=O)CC1. The Bertz CT molecular complexity index is 1170. The predicted octanol–water partition coefficient (Wildman–Crippen LogP) is 1.85. The number of carbonyl (C=O) groups excluding carboxylic acids is 1. The molecule has 0 spiro atoms. The highest BCUT2D eigenvalue weighted by Crippen LogP contribution is 2.32. The minimum atomic E-state index is -3.32.